The third kappa shape index (κ3) is 42.5. The van der Waals surface area contributed by atoms with Gasteiger partial charge < -0.3 is 20.3 Å². The molecule has 0 rings (SSSR count). The molecular weight excluding hydrogens is 743 g/mol. The van der Waals surface area contributed by atoms with Gasteiger partial charge in [-0.05, 0) is 89.9 Å². The van der Waals surface area contributed by atoms with Crippen LogP contribution >= 0.6 is 0 Å². The number of aliphatic hydroxyl groups excluding tert-OH is 2. The molecule has 0 aliphatic rings. The predicted molar refractivity (Wildman–Crippen MR) is 259 cm³/mol. The molecule has 0 aromatic rings. The van der Waals surface area contributed by atoms with Gasteiger partial charge in [-0.3, -0.25) is 9.59 Å². The van der Waals surface area contributed by atoms with Crippen molar-refractivity contribution >= 4 is 11.9 Å². The molecule has 3 atom stereocenters. The zero-order valence-corrected chi connectivity index (χ0v) is 39.8. The van der Waals surface area contributed by atoms with Crippen molar-refractivity contribution in [3.63, 3.8) is 0 Å². The fourth-order valence-electron chi connectivity index (χ4n) is 7.67. The monoisotopic (exact) mass is 842 g/mol. The number of esters is 1. The fraction of sp³-hybridized carbons (Fsp3) is 0.815. The van der Waals surface area contributed by atoms with Crippen LogP contribution in [0.2, 0.25) is 0 Å². The first-order valence-corrected chi connectivity index (χ1v) is 25.9. The van der Waals surface area contributed by atoms with Crippen molar-refractivity contribution in [1.29, 1.82) is 0 Å². The molecule has 6 nitrogen and oxygen atoms in total. The number of unbranched alkanes of at least 4 members (excludes halogenated alkanes) is 26. The molecular formula is C54H99NO5. The molecule has 3 N–H and O–H groups in total. The van der Waals surface area contributed by atoms with Gasteiger partial charge in [0, 0.05) is 6.42 Å². The highest BCUT2D eigenvalue weighted by Gasteiger charge is 2.24. The summed E-state index contributed by atoms with van der Waals surface area (Å²) in [5.41, 5.74) is 0. The summed E-state index contributed by atoms with van der Waals surface area (Å²) in [6.07, 6.45) is 57.4. The number of aliphatic hydroxyl groups is 2. The SMILES string of the molecule is CCCCC/C=C\C/C=C\C/C=C\CCCCCCC(=O)OC(CCCCC/C=C\CCCCC)CC(=O)NC(CO)C(O)CCCCCCCCCCCCCCCC. The lowest BCUT2D eigenvalue weighted by Gasteiger charge is -2.24. The third-order valence-electron chi connectivity index (χ3n) is 11.6. The molecule has 0 spiro atoms. The zero-order valence-electron chi connectivity index (χ0n) is 39.8. The molecule has 0 aromatic heterocycles. The molecule has 0 fully saturated rings. The van der Waals surface area contributed by atoms with Gasteiger partial charge in [-0.15, -0.1) is 0 Å². The minimum atomic E-state index is -0.794. The molecule has 0 aliphatic heterocycles. The molecule has 0 saturated carbocycles. The molecule has 60 heavy (non-hydrogen) atoms. The Bertz CT molecular complexity index is 1040. The average molecular weight is 842 g/mol. The van der Waals surface area contributed by atoms with Crippen LogP contribution < -0.4 is 5.32 Å². The molecule has 350 valence electrons. The van der Waals surface area contributed by atoms with Crippen molar-refractivity contribution < 1.29 is 24.5 Å². The number of carbonyl (C=O) groups excluding carboxylic acids is 2. The minimum absolute atomic E-state index is 0.0580. The molecule has 6 heteroatoms. The number of hydrogen-bond donors (Lipinski definition) is 3. The third-order valence-corrected chi connectivity index (χ3v) is 11.6. The molecule has 0 saturated heterocycles. The van der Waals surface area contributed by atoms with Crippen molar-refractivity contribution in [2.45, 2.75) is 277 Å². The van der Waals surface area contributed by atoms with Crippen molar-refractivity contribution in [2.24, 2.45) is 0 Å². The highest BCUT2D eigenvalue weighted by molar-refractivity contribution is 5.77. The van der Waals surface area contributed by atoms with Gasteiger partial charge in [-0.2, -0.15) is 0 Å². The quantitative estimate of drug-likeness (QED) is 0.0322. The maximum absolute atomic E-state index is 13.2. The molecule has 0 radical (unpaired) electrons. The van der Waals surface area contributed by atoms with E-state index < -0.39 is 18.2 Å². The van der Waals surface area contributed by atoms with Gasteiger partial charge >= 0.3 is 5.97 Å². The summed E-state index contributed by atoms with van der Waals surface area (Å²) < 4.78 is 5.90. The predicted octanol–water partition coefficient (Wildman–Crippen LogP) is 15.5. The lowest BCUT2D eigenvalue weighted by Crippen LogP contribution is -2.46. The summed E-state index contributed by atoms with van der Waals surface area (Å²) in [6, 6.07) is -0.710. The first kappa shape index (κ1) is 57.8. The summed E-state index contributed by atoms with van der Waals surface area (Å²) in [5, 5.41) is 23.7. The van der Waals surface area contributed by atoms with Crippen molar-refractivity contribution in [3.05, 3.63) is 48.6 Å². The van der Waals surface area contributed by atoms with Crippen LogP contribution in [-0.2, 0) is 14.3 Å². The number of nitrogens with one attached hydrogen (secondary N) is 1. The maximum atomic E-state index is 13.2. The highest BCUT2D eigenvalue weighted by Crippen LogP contribution is 2.17. The van der Waals surface area contributed by atoms with Crippen LogP contribution in [0.1, 0.15) is 258 Å². The Hall–Kier alpha value is -2.18. The Kier molecular flexibility index (Phi) is 46.1. The minimum Gasteiger partial charge on any atom is -0.462 e. The second-order valence-corrected chi connectivity index (χ2v) is 17.6. The van der Waals surface area contributed by atoms with Crippen molar-refractivity contribution in [1.82, 2.24) is 5.32 Å². The fourth-order valence-corrected chi connectivity index (χ4v) is 7.67. The zero-order chi connectivity index (χ0) is 43.8. The van der Waals surface area contributed by atoms with Crippen LogP contribution in [0.15, 0.2) is 48.6 Å². The summed E-state index contributed by atoms with van der Waals surface area (Å²) >= 11 is 0. The summed E-state index contributed by atoms with van der Waals surface area (Å²) in [4.78, 5) is 26.1. The van der Waals surface area contributed by atoms with Crippen molar-refractivity contribution in [2.75, 3.05) is 6.61 Å². The van der Waals surface area contributed by atoms with Gasteiger partial charge in [0.05, 0.1) is 25.2 Å². The van der Waals surface area contributed by atoms with E-state index in [0.29, 0.717) is 19.3 Å². The average Bonchev–Trinajstić information content (AvgIpc) is 3.24. The summed E-state index contributed by atoms with van der Waals surface area (Å²) in [6.45, 7) is 6.42. The normalized spacial score (nSPS) is 13.6. The smallest absolute Gasteiger partial charge is 0.306 e. The first-order chi connectivity index (χ1) is 29.5. The molecule has 0 aliphatic carbocycles. The maximum Gasteiger partial charge on any atom is 0.306 e. The molecule has 0 heterocycles. The van der Waals surface area contributed by atoms with Gasteiger partial charge in [0.1, 0.15) is 6.10 Å². The van der Waals surface area contributed by atoms with Crippen LogP contribution in [0, 0.1) is 0 Å². The van der Waals surface area contributed by atoms with Gasteiger partial charge in [0.2, 0.25) is 5.91 Å². The standard InChI is InChI=1S/C54H99NO5/c1-4-7-10-13-16-19-22-24-26-27-28-30-32-35-38-41-44-47-54(59)60-50(45-42-39-36-33-21-18-15-12-9-6-3)48-53(58)55-51(49-56)52(57)46-43-40-37-34-31-29-25-23-20-17-14-11-8-5-2/h16,18-19,21,24,26,28,30,50-52,56-57H,4-15,17,20,22-23,25,27,29,31-49H2,1-3H3,(H,55,58)/b19-16-,21-18-,26-24-,30-28-. The van der Waals surface area contributed by atoms with E-state index in [1.54, 1.807) is 0 Å². The Labute approximate surface area is 372 Å². The molecule has 0 aromatic carbocycles. The van der Waals surface area contributed by atoms with E-state index in [-0.39, 0.29) is 24.9 Å². The van der Waals surface area contributed by atoms with E-state index in [1.165, 1.54) is 116 Å². The van der Waals surface area contributed by atoms with E-state index in [0.717, 1.165) is 96.3 Å². The Morgan fingerprint density at radius 3 is 1.35 bits per heavy atom. The molecule has 1 amide bonds. The lowest BCUT2D eigenvalue weighted by molar-refractivity contribution is -0.151. The van der Waals surface area contributed by atoms with Gasteiger partial charge in [-0.1, -0.05) is 204 Å². The van der Waals surface area contributed by atoms with Crippen molar-refractivity contribution in [3.8, 4) is 0 Å². The molecule has 3 unspecified atom stereocenters. The van der Waals surface area contributed by atoms with Gasteiger partial charge in [0.15, 0.2) is 0 Å². The number of amides is 1. The van der Waals surface area contributed by atoms with Crippen LogP contribution in [-0.4, -0.2) is 46.9 Å². The topological polar surface area (TPSA) is 95.9 Å². The lowest BCUT2D eigenvalue weighted by atomic mass is 10.0. The Morgan fingerprint density at radius 1 is 0.483 bits per heavy atom. The van der Waals surface area contributed by atoms with E-state index in [1.807, 2.05) is 0 Å². The number of ether oxygens (including phenoxy) is 1. The van der Waals surface area contributed by atoms with E-state index in [2.05, 4.69) is 74.7 Å². The Balaban J connectivity index is 4.54. The first-order valence-electron chi connectivity index (χ1n) is 25.9. The highest BCUT2D eigenvalue weighted by atomic mass is 16.5. The second-order valence-electron chi connectivity index (χ2n) is 17.6. The van der Waals surface area contributed by atoms with Crippen LogP contribution in [0.5, 0.6) is 0 Å². The van der Waals surface area contributed by atoms with Gasteiger partial charge in [0.25, 0.3) is 0 Å². The van der Waals surface area contributed by atoms with Crippen LogP contribution in [0.3, 0.4) is 0 Å². The summed E-state index contributed by atoms with van der Waals surface area (Å²) in [5.74, 6) is -0.512. The molecule has 0 bridgehead atoms. The largest absolute Gasteiger partial charge is 0.462 e. The van der Waals surface area contributed by atoms with E-state index in [4.69, 9.17) is 4.74 Å². The van der Waals surface area contributed by atoms with Gasteiger partial charge in [-0.25, -0.2) is 0 Å². The van der Waals surface area contributed by atoms with Crippen LogP contribution in [0.25, 0.3) is 0 Å². The second kappa shape index (κ2) is 47.9. The number of carbonyl (C=O) groups is 2. The number of hydrogen-bond acceptors (Lipinski definition) is 5. The van der Waals surface area contributed by atoms with E-state index >= 15 is 0 Å². The summed E-state index contributed by atoms with van der Waals surface area (Å²) in [7, 11) is 0. The number of rotatable bonds is 46. The number of allylic oxidation sites excluding steroid dienone is 8. The van der Waals surface area contributed by atoms with E-state index in [9.17, 15) is 19.8 Å². The Morgan fingerprint density at radius 2 is 0.850 bits per heavy atom. The van der Waals surface area contributed by atoms with Crippen LogP contribution in [0.4, 0.5) is 0 Å².